The van der Waals surface area contributed by atoms with Gasteiger partial charge in [-0.25, -0.2) is 9.59 Å². The number of rotatable bonds is 26. The highest BCUT2D eigenvalue weighted by Crippen LogP contribution is 2.72. The van der Waals surface area contributed by atoms with Gasteiger partial charge in [-0.15, -0.1) is 0 Å². The molecule has 0 fully saturated rings. The number of ether oxygens (including phenoxy) is 1. The predicted octanol–water partition coefficient (Wildman–Crippen LogP) is 15.5. The molecule has 0 bridgehead atoms. The van der Waals surface area contributed by atoms with Crippen LogP contribution in [0.2, 0.25) is 0 Å². The van der Waals surface area contributed by atoms with Gasteiger partial charge in [0.25, 0.3) is 5.91 Å². The van der Waals surface area contributed by atoms with E-state index >= 15 is 26.3 Å². The molecule has 0 aliphatic carbocycles. The van der Waals surface area contributed by atoms with Gasteiger partial charge in [-0.1, -0.05) is 0 Å². The zero-order valence-electron chi connectivity index (χ0n) is 39.2. The van der Waals surface area contributed by atoms with Crippen molar-refractivity contribution in [2.24, 2.45) is 9.98 Å². The van der Waals surface area contributed by atoms with E-state index in [1.54, 1.807) is 0 Å². The second kappa shape index (κ2) is 21.5. The summed E-state index contributed by atoms with van der Waals surface area (Å²) in [5.74, 6) is -221. The Morgan fingerprint density at radius 3 is 0.795 bits per heavy atom. The zero-order valence-corrected chi connectivity index (χ0v) is 39.2. The Hall–Kier alpha value is -6.23. The molecular formula is C35H10F45N3O5. The SMILES string of the molecule is CC(=O)OCNC(=O)c1c(N=C=O)cc(C)c(N=C=O)c1C(F)(F)C(F)(F)C(F)(F)C(F)(F)C(F)(F)C(F)(F)C(F)(F)C(F)(F)C(F)(F)C(F)(F)C(F)(F)C(F)(F)C(F)(F)C(F)(F)C(F)(F)C(F)(F)C(F)(F)C(F)(F)C(F)(F)C(F)(F)C(F)(F)C(F)(F)F. The van der Waals surface area contributed by atoms with Crippen LogP contribution in [0.15, 0.2) is 16.1 Å². The van der Waals surface area contributed by atoms with Crippen LogP contribution in [0.5, 0.6) is 0 Å². The van der Waals surface area contributed by atoms with E-state index in [0.29, 0.717) is 6.92 Å². The van der Waals surface area contributed by atoms with Crippen LogP contribution in [0.25, 0.3) is 0 Å². The molecule has 1 aromatic carbocycles. The third-order valence-electron chi connectivity index (χ3n) is 11.1. The lowest BCUT2D eigenvalue weighted by atomic mass is 9.81. The number of nitrogens with zero attached hydrogens (tertiary/aromatic N) is 2. The van der Waals surface area contributed by atoms with Crippen LogP contribution in [0.1, 0.15) is 28.4 Å². The lowest BCUT2D eigenvalue weighted by Crippen LogP contribution is -2.81. The third kappa shape index (κ3) is 9.80. The minimum atomic E-state index is -10.9. The van der Waals surface area contributed by atoms with Crippen molar-refractivity contribution in [3.05, 3.63) is 22.8 Å². The van der Waals surface area contributed by atoms with Crippen LogP contribution < -0.4 is 5.32 Å². The van der Waals surface area contributed by atoms with Crippen molar-refractivity contribution in [3.63, 3.8) is 0 Å². The van der Waals surface area contributed by atoms with Gasteiger partial charge in [0.15, 0.2) is 6.73 Å². The number of esters is 1. The van der Waals surface area contributed by atoms with Gasteiger partial charge < -0.3 is 10.1 Å². The van der Waals surface area contributed by atoms with Gasteiger partial charge in [-0.05, 0) is 18.6 Å². The van der Waals surface area contributed by atoms with Crippen molar-refractivity contribution in [1.29, 1.82) is 0 Å². The summed E-state index contributed by atoms with van der Waals surface area (Å²) in [7, 11) is 0. The summed E-state index contributed by atoms with van der Waals surface area (Å²) in [6, 6.07) is -0.185. The molecule has 1 N–H and O–H groups in total. The van der Waals surface area contributed by atoms with Gasteiger partial charge in [0.1, 0.15) is 0 Å². The first kappa shape index (κ1) is 79.8. The Morgan fingerprint density at radius 2 is 0.591 bits per heavy atom. The molecule has 0 unspecified atom stereocenters. The number of alkyl halides is 45. The van der Waals surface area contributed by atoms with E-state index in [4.69, 9.17) is 0 Å². The number of nitrogens with one attached hydrogen (secondary N) is 1. The summed E-state index contributed by atoms with van der Waals surface area (Å²) in [5.41, 5.74) is -13.2. The standard InChI is InChI=1S/C35H10F45N3O5/c1-7-3-9(81-4-84)10(13(87)83-6-88-8(2)86)11(12(7)82-5-85)14(36,37)15(38,39)16(40,41)17(42,43)18(44,45)19(46,47)20(48,49)21(50,51)22(52,53)23(54,55)24(56,57)25(58,59)26(60,61)27(62,63)28(64,65)29(66,67)30(68,69)31(70,71)32(72,73)33(74,75)34(76,77)35(78,79)80/h3H,6H2,1-2H3,(H,83,87). The summed E-state index contributed by atoms with van der Waals surface area (Å²) in [6.07, 6.45) is -8.39. The fourth-order valence-corrected chi connectivity index (χ4v) is 6.02. The number of carbonyl (C=O) groups is 2. The number of hydrogen-bond acceptors (Lipinski definition) is 7. The molecule has 1 rings (SSSR count). The second-order valence-electron chi connectivity index (χ2n) is 16.6. The Bertz CT molecular complexity index is 2930. The lowest BCUT2D eigenvalue weighted by molar-refractivity contribution is -0.497. The number of benzene rings is 1. The topological polar surface area (TPSA) is 114 Å². The van der Waals surface area contributed by atoms with Gasteiger partial charge in [-0.2, -0.15) is 208 Å². The first-order valence-electron chi connectivity index (χ1n) is 19.6. The highest BCUT2D eigenvalue weighted by atomic mass is 19.4. The number of aliphatic imine (C=N–C) groups is 2. The van der Waals surface area contributed by atoms with Crippen molar-refractivity contribution < 1.29 is 221 Å². The Balaban J connectivity index is 4.39. The van der Waals surface area contributed by atoms with Gasteiger partial charge in [0, 0.05) is 6.92 Å². The van der Waals surface area contributed by atoms with E-state index in [1.807, 2.05) is 0 Å². The molecule has 88 heavy (non-hydrogen) atoms. The van der Waals surface area contributed by atoms with Crippen molar-refractivity contribution in [1.82, 2.24) is 5.32 Å². The Kier molecular flexibility index (Phi) is 19.5. The number of amides is 1. The highest BCUT2D eigenvalue weighted by Gasteiger charge is 3.04. The number of carbonyl (C=O) groups excluding carboxylic acids is 4. The molecule has 1 amide bonds. The van der Waals surface area contributed by atoms with E-state index in [9.17, 15) is 190 Å². The molecule has 1 aromatic rings. The third-order valence-corrected chi connectivity index (χ3v) is 11.1. The van der Waals surface area contributed by atoms with Crippen molar-refractivity contribution in [2.75, 3.05) is 6.73 Å². The molecule has 0 aliphatic rings. The van der Waals surface area contributed by atoms with E-state index in [0.717, 1.165) is 5.32 Å². The van der Waals surface area contributed by atoms with E-state index in [2.05, 4.69) is 14.7 Å². The first-order valence-corrected chi connectivity index (χ1v) is 19.6. The molecule has 0 saturated carbocycles. The number of hydrogen-bond donors (Lipinski definition) is 1. The maximum Gasteiger partial charge on any atom is 0.460 e. The summed E-state index contributed by atoms with van der Waals surface area (Å²) < 4.78 is 645. The van der Waals surface area contributed by atoms with E-state index in [-0.39, 0.29) is 25.1 Å². The van der Waals surface area contributed by atoms with Gasteiger partial charge in [0.2, 0.25) is 12.2 Å². The number of isocyanates is 2. The van der Waals surface area contributed by atoms with E-state index in [1.165, 1.54) is 0 Å². The summed E-state index contributed by atoms with van der Waals surface area (Å²) in [4.78, 5) is 49.9. The van der Waals surface area contributed by atoms with Gasteiger partial charge in [-0.3, -0.25) is 9.59 Å². The average Bonchev–Trinajstić information content (AvgIpc) is 3.32. The number of aryl methyl sites for hydroxylation is 1. The van der Waals surface area contributed by atoms with Crippen LogP contribution >= 0.6 is 0 Å². The smallest absolute Gasteiger partial charge is 0.445 e. The molecule has 8 nitrogen and oxygen atoms in total. The van der Waals surface area contributed by atoms with Crippen LogP contribution in [0.3, 0.4) is 0 Å². The maximum absolute atomic E-state index is 15.8. The fraction of sp³-hybridized carbons (Fsp3) is 0.714. The van der Waals surface area contributed by atoms with Crippen LogP contribution in [0.4, 0.5) is 209 Å². The van der Waals surface area contributed by atoms with Crippen molar-refractivity contribution in [2.45, 2.75) is 144 Å². The number of halogens is 45. The molecule has 0 aromatic heterocycles. The minimum absolute atomic E-state index is 0.0147. The molecule has 510 valence electrons. The molecule has 0 aliphatic heterocycles. The van der Waals surface area contributed by atoms with Gasteiger partial charge >= 0.3 is 137 Å². The molecular weight excluding hydrogens is 1400 g/mol. The van der Waals surface area contributed by atoms with Crippen LogP contribution in [-0.2, 0) is 25.0 Å². The van der Waals surface area contributed by atoms with Crippen molar-refractivity contribution in [3.8, 4) is 0 Å². The molecule has 0 spiro atoms. The van der Waals surface area contributed by atoms with Crippen molar-refractivity contribution >= 4 is 35.4 Å². The van der Waals surface area contributed by atoms with Crippen LogP contribution in [-0.4, -0.2) is 155 Å². The molecule has 0 radical (unpaired) electrons. The second-order valence-corrected chi connectivity index (χ2v) is 16.6. The first-order chi connectivity index (χ1) is 37.9. The maximum atomic E-state index is 15.8. The zero-order chi connectivity index (χ0) is 71.7. The highest BCUT2D eigenvalue weighted by molar-refractivity contribution is 6.03. The Labute approximate surface area is 447 Å². The largest absolute Gasteiger partial charge is 0.460 e. The quantitative estimate of drug-likeness (QED) is 0.0326. The fourth-order valence-electron chi connectivity index (χ4n) is 6.02. The molecule has 0 heterocycles. The Morgan fingerprint density at radius 1 is 0.375 bits per heavy atom. The minimum Gasteiger partial charge on any atom is -0.445 e. The van der Waals surface area contributed by atoms with E-state index < -0.39 is 177 Å². The summed E-state index contributed by atoms with van der Waals surface area (Å²) in [6.45, 7) is -1.42. The normalized spacial score (nSPS) is 15.8. The van der Waals surface area contributed by atoms with Gasteiger partial charge in [0.05, 0.1) is 22.5 Å². The molecule has 0 saturated heterocycles. The predicted molar refractivity (Wildman–Crippen MR) is 180 cm³/mol. The monoisotopic (exact) mass is 1410 g/mol. The van der Waals surface area contributed by atoms with Crippen LogP contribution in [0, 0.1) is 6.92 Å². The average molecular weight is 1410 g/mol. The molecule has 53 heteroatoms. The summed E-state index contributed by atoms with van der Waals surface area (Å²) >= 11 is 0. The lowest BCUT2D eigenvalue weighted by Gasteiger charge is -2.47. The summed E-state index contributed by atoms with van der Waals surface area (Å²) in [5, 5.41) is 0.954. The molecule has 0 atom stereocenters.